The minimum Gasteiger partial charge on any atom is -0.459 e. The van der Waals surface area contributed by atoms with Crippen molar-refractivity contribution in [2.24, 2.45) is 0 Å². The summed E-state index contributed by atoms with van der Waals surface area (Å²) in [6.07, 6.45) is 0. The van der Waals surface area contributed by atoms with E-state index < -0.39 is 16.7 Å². The second-order valence-corrected chi connectivity index (χ2v) is 5.24. The molecule has 1 aromatic heterocycles. The maximum absolute atomic E-state index is 12.9. The van der Waals surface area contributed by atoms with Gasteiger partial charge in [0.15, 0.2) is 0 Å². The molecule has 0 saturated heterocycles. The van der Waals surface area contributed by atoms with Crippen LogP contribution in [0.5, 0.6) is 0 Å². The van der Waals surface area contributed by atoms with E-state index in [1.54, 1.807) is 0 Å². The van der Waals surface area contributed by atoms with E-state index in [1.807, 2.05) is 0 Å². The van der Waals surface area contributed by atoms with Gasteiger partial charge in [0.1, 0.15) is 30.4 Å². The molecule has 0 aliphatic heterocycles. The highest BCUT2D eigenvalue weighted by molar-refractivity contribution is 6.31. The number of carbonyl (C=O) groups is 1. The molecule has 23 heavy (non-hydrogen) atoms. The smallest absolute Gasteiger partial charge is 0.328 e. The lowest BCUT2D eigenvalue weighted by Crippen LogP contribution is -2.16. The summed E-state index contributed by atoms with van der Waals surface area (Å²) in [6, 6.07) is 3.74. The third kappa shape index (κ3) is 3.84. The van der Waals surface area contributed by atoms with E-state index in [2.05, 4.69) is 5.10 Å². The van der Waals surface area contributed by atoms with Crippen LogP contribution in [-0.4, -0.2) is 20.7 Å². The number of rotatable bonds is 5. The Morgan fingerprint density at radius 3 is 2.74 bits per heavy atom. The molecule has 2 aromatic rings. The number of aromatic nitrogens is 2. The molecule has 0 aliphatic rings. The van der Waals surface area contributed by atoms with Crippen LogP contribution in [0.1, 0.15) is 17.0 Å². The molecule has 0 radical (unpaired) electrons. The van der Waals surface area contributed by atoms with Crippen molar-refractivity contribution in [2.45, 2.75) is 27.0 Å². The summed E-state index contributed by atoms with van der Waals surface area (Å²) in [6.45, 7) is 2.60. The molecule has 0 amide bonds. The minimum atomic E-state index is -0.633. The van der Waals surface area contributed by atoms with Crippen molar-refractivity contribution in [1.29, 1.82) is 0 Å². The Hall–Kier alpha value is -2.48. The molecule has 0 atom stereocenters. The van der Waals surface area contributed by atoms with Crippen molar-refractivity contribution in [3.8, 4) is 0 Å². The molecule has 0 unspecified atom stereocenters. The number of hydrogen-bond acceptors (Lipinski definition) is 5. The second-order valence-electron chi connectivity index (χ2n) is 4.83. The zero-order chi connectivity index (χ0) is 17.1. The Bertz CT molecular complexity index is 776. The third-order valence-corrected chi connectivity index (χ3v) is 3.56. The average Bonchev–Trinajstić information content (AvgIpc) is 2.72. The molecule has 0 aliphatic carbocycles. The summed E-state index contributed by atoms with van der Waals surface area (Å²) in [5.41, 5.74) is 0.825. The lowest BCUT2D eigenvalue weighted by molar-refractivity contribution is -0.386. The van der Waals surface area contributed by atoms with Crippen molar-refractivity contribution in [3.05, 3.63) is 56.1 Å². The molecular formula is C14H13ClFN3O4. The number of aryl methyl sites for hydroxylation is 1. The number of carbonyl (C=O) groups excluding carboxylic acids is 1. The third-order valence-electron chi connectivity index (χ3n) is 3.21. The van der Waals surface area contributed by atoms with Gasteiger partial charge in [-0.3, -0.25) is 19.6 Å². The first-order valence-corrected chi connectivity index (χ1v) is 6.95. The number of nitrogens with zero attached hydrogens (tertiary/aromatic N) is 3. The number of halogens is 2. The number of benzene rings is 1. The standard InChI is InChI=1S/C14H13ClFN3O4/c1-8-14(19(21)22)9(2)18(17-8)6-13(20)23-7-10-3-4-11(16)5-12(10)15/h3-5H,6-7H2,1-2H3. The van der Waals surface area contributed by atoms with Gasteiger partial charge in [0.25, 0.3) is 0 Å². The van der Waals surface area contributed by atoms with Gasteiger partial charge in [-0.05, 0) is 26.0 Å². The van der Waals surface area contributed by atoms with Crippen molar-refractivity contribution in [2.75, 3.05) is 0 Å². The van der Waals surface area contributed by atoms with Crippen molar-refractivity contribution in [1.82, 2.24) is 9.78 Å². The molecule has 9 heteroatoms. The second kappa shape index (κ2) is 6.74. The predicted molar refractivity (Wildman–Crippen MR) is 79.6 cm³/mol. The van der Waals surface area contributed by atoms with Crippen LogP contribution < -0.4 is 0 Å². The van der Waals surface area contributed by atoms with Crippen LogP contribution in [0.4, 0.5) is 10.1 Å². The van der Waals surface area contributed by atoms with Crippen LogP contribution in [0.25, 0.3) is 0 Å². The summed E-state index contributed by atoms with van der Waals surface area (Å²) in [4.78, 5) is 22.2. The van der Waals surface area contributed by atoms with E-state index in [0.29, 0.717) is 5.56 Å². The fourth-order valence-corrected chi connectivity index (χ4v) is 2.29. The van der Waals surface area contributed by atoms with Crippen LogP contribution in [-0.2, 0) is 22.7 Å². The fourth-order valence-electron chi connectivity index (χ4n) is 2.07. The highest BCUT2D eigenvalue weighted by Gasteiger charge is 2.23. The molecule has 0 N–H and O–H groups in total. The van der Waals surface area contributed by atoms with Crippen molar-refractivity contribution < 1.29 is 18.8 Å². The van der Waals surface area contributed by atoms with Crippen LogP contribution in [0.2, 0.25) is 5.02 Å². The van der Waals surface area contributed by atoms with Crippen LogP contribution in [0, 0.1) is 29.8 Å². The topological polar surface area (TPSA) is 87.3 Å². The molecule has 2 rings (SSSR count). The van der Waals surface area contributed by atoms with E-state index in [0.717, 1.165) is 6.07 Å². The van der Waals surface area contributed by atoms with Gasteiger partial charge in [-0.25, -0.2) is 4.39 Å². The molecule has 7 nitrogen and oxygen atoms in total. The van der Waals surface area contributed by atoms with Gasteiger partial charge in [0.05, 0.1) is 9.95 Å². The zero-order valence-electron chi connectivity index (χ0n) is 12.4. The fraction of sp³-hybridized carbons (Fsp3) is 0.286. The molecule has 0 bridgehead atoms. The minimum absolute atomic E-state index is 0.126. The van der Waals surface area contributed by atoms with Gasteiger partial charge >= 0.3 is 11.7 Å². The summed E-state index contributed by atoms with van der Waals surface area (Å²) in [7, 11) is 0. The Labute approximate surface area is 135 Å². The Balaban J connectivity index is 2.03. The zero-order valence-corrected chi connectivity index (χ0v) is 13.1. The van der Waals surface area contributed by atoms with Gasteiger partial charge < -0.3 is 4.74 Å². The SMILES string of the molecule is Cc1nn(CC(=O)OCc2ccc(F)cc2Cl)c(C)c1[N+](=O)[O-]. The van der Waals surface area contributed by atoms with Crippen LogP contribution in [0.3, 0.4) is 0 Å². The van der Waals surface area contributed by atoms with Gasteiger partial charge in [-0.15, -0.1) is 0 Å². The number of esters is 1. The van der Waals surface area contributed by atoms with E-state index in [1.165, 1.54) is 30.7 Å². The quantitative estimate of drug-likeness (QED) is 0.474. The van der Waals surface area contributed by atoms with E-state index in [9.17, 15) is 19.3 Å². The molecule has 1 heterocycles. The monoisotopic (exact) mass is 341 g/mol. The molecule has 122 valence electrons. The first-order chi connectivity index (χ1) is 10.8. The summed E-state index contributed by atoms with van der Waals surface area (Å²) in [5, 5.41) is 15.0. The van der Waals surface area contributed by atoms with E-state index in [4.69, 9.17) is 16.3 Å². The highest BCUT2D eigenvalue weighted by atomic mass is 35.5. The molecule has 1 aromatic carbocycles. The largest absolute Gasteiger partial charge is 0.459 e. The van der Waals surface area contributed by atoms with Crippen LogP contribution in [0.15, 0.2) is 18.2 Å². The van der Waals surface area contributed by atoms with Gasteiger partial charge in [0, 0.05) is 5.56 Å². The Morgan fingerprint density at radius 1 is 1.48 bits per heavy atom. The number of nitro groups is 1. The summed E-state index contributed by atoms with van der Waals surface area (Å²) in [5.74, 6) is -1.12. The Morgan fingerprint density at radius 2 is 2.17 bits per heavy atom. The predicted octanol–water partition coefficient (Wildman–Crippen LogP) is 2.94. The normalized spacial score (nSPS) is 10.6. The maximum atomic E-state index is 12.9. The van der Waals surface area contributed by atoms with Gasteiger partial charge in [-0.2, -0.15) is 5.10 Å². The van der Waals surface area contributed by atoms with Crippen molar-refractivity contribution in [3.63, 3.8) is 0 Å². The van der Waals surface area contributed by atoms with Crippen LogP contribution >= 0.6 is 11.6 Å². The summed E-state index contributed by atoms with van der Waals surface area (Å²) < 4.78 is 19.2. The van der Waals surface area contributed by atoms with Crippen molar-refractivity contribution >= 4 is 23.3 Å². The molecule has 0 fully saturated rings. The van der Waals surface area contributed by atoms with E-state index >= 15 is 0 Å². The maximum Gasteiger partial charge on any atom is 0.328 e. The number of hydrogen-bond donors (Lipinski definition) is 0. The molecule has 0 saturated carbocycles. The highest BCUT2D eigenvalue weighted by Crippen LogP contribution is 2.22. The lowest BCUT2D eigenvalue weighted by atomic mass is 10.2. The average molecular weight is 342 g/mol. The first kappa shape index (κ1) is 16.9. The van der Waals surface area contributed by atoms with Gasteiger partial charge in [0.2, 0.25) is 0 Å². The Kier molecular flexibility index (Phi) is 4.95. The molecule has 0 spiro atoms. The summed E-state index contributed by atoms with van der Waals surface area (Å²) >= 11 is 5.83. The lowest BCUT2D eigenvalue weighted by Gasteiger charge is -2.07. The van der Waals surface area contributed by atoms with Gasteiger partial charge in [-0.1, -0.05) is 17.7 Å². The first-order valence-electron chi connectivity index (χ1n) is 6.57. The number of ether oxygens (including phenoxy) is 1. The van der Waals surface area contributed by atoms with E-state index in [-0.39, 0.29) is 35.2 Å². The molecular weight excluding hydrogens is 329 g/mol.